The van der Waals surface area contributed by atoms with Crippen LogP contribution in [0.1, 0.15) is 193 Å². The number of carbonyl (C=O) groups is 6. The number of aliphatic carboxylic acids is 2. The number of carbonyl (C=O) groups excluding carboxylic acids is 4. The number of aryl methyl sites for hydroxylation is 2. The number of unbranched alkanes of at least 4 members (excludes halogenated alkanes) is 8. The van der Waals surface area contributed by atoms with Crippen molar-refractivity contribution >= 4 is 70.0 Å². The summed E-state index contributed by atoms with van der Waals surface area (Å²) >= 11 is 0. The third-order valence-electron chi connectivity index (χ3n) is 12.8. The molecule has 0 atom stereocenters. The van der Waals surface area contributed by atoms with Crippen LogP contribution in [-0.4, -0.2) is 55.5 Å². The number of fused-ring (bicyclic) bond motifs is 4. The van der Waals surface area contributed by atoms with Crippen LogP contribution in [-0.2, 0) is 44.9 Å². The van der Waals surface area contributed by atoms with Crippen molar-refractivity contribution in [3.05, 3.63) is 104 Å². The quantitative estimate of drug-likeness (QED) is 0.0362. The number of amides is 2. The number of rotatable bonds is 16. The van der Waals surface area contributed by atoms with Crippen LogP contribution in [0, 0.1) is 23.7 Å². The van der Waals surface area contributed by atoms with Gasteiger partial charge in [0.25, 0.3) is 11.8 Å². The highest BCUT2D eigenvalue weighted by molar-refractivity contribution is 6.35. The molecule has 68 heavy (non-hydrogen) atoms. The molecule has 352 valence electrons. The van der Waals surface area contributed by atoms with Crippen LogP contribution in [0.2, 0.25) is 0 Å². The summed E-state index contributed by atoms with van der Waals surface area (Å²) < 4.78 is 0. The fourth-order valence-corrected chi connectivity index (χ4v) is 9.34. The molecule has 8 rings (SSSR count). The van der Waals surface area contributed by atoms with Gasteiger partial charge in [-0.3, -0.25) is 28.8 Å². The van der Waals surface area contributed by atoms with Crippen LogP contribution in [0.3, 0.4) is 0 Å². The number of H-pyrrole nitrogens is 2. The molecule has 2 aromatic heterocycles. The van der Waals surface area contributed by atoms with Crippen molar-refractivity contribution < 1.29 is 39.0 Å². The summed E-state index contributed by atoms with van der Waals surface area (Å²) in [4.78, 5) is 79.8. The molecule has 0 radical (unpaired) electrons. The maximum absolute atomic E-state index is 12.8. The van der Waals surface area contributed by atoms with Gasteiger partial charge in [0.15, 0.2) is 11.6 Å². The summed E-state index contributed by atoms with van der Waals surface area (Å²) in [6.07, 6.45) is 19.0. The van der Waals surface area contributed by atoms with Gasteiger partial charge in [-0.05, 0) is 98.9 Å². The number of carboxylic acids is 2. The van der Waals surface area contributed by atoms with Gasteiger partial charge in [-0.25, -0.2) is 0 Å². The molecule has 4 aliphatic rings. The monoisotopic (exact) mass is 916 g/mol. The molecule has 2 aliphatic heterocycles. The van der Waals surface area contributed by atoms with Gasteiger partial charge in [-0.15, -0.1) is 0 Å². The van der Waals surface area contributed by atoms with Crippen LogP contribution in [0.4, 0.5) is 11.4 Å². The highest BCUT2D eigenvalue weighted by Crippen LogP contribution is 2.38. The van der Waals surface area contributed by atoms with Crippen molar-refractivity contribution in [2.75, 3.05) is 10.6 Å². The molecule has 0 unspecified atom stereocenters. The van der Waals surface area contributed by atoms with Crippen molar-refractivity contribution in [3.63, 3.8) is 0 Å². The maximum atomic E-state index is 12.8. The lowest BCUT2D eigenvalue weighted by atomic mass is 9.91. The van der Waals surface area contributed by atoms with Gasteiger partial charge in [0.05, 0.1) is 22.5 Å². The number of hydrogen-bond acceptors (Lipinski definition) is 6. The molecule has 2 aliphatic carbocycles. The molecule has 6 N–H and O–H groups in total. The molecule has 2 aromatic carbocycles. The second-order valence-corrected chi connectivity index (χ2v) is 17.9. The Morgan fingerprint density at radius 2 is 1.01 bits per heavy atom. The molecule has 12 nitrogen and oxygen atoms in total. The van der Waals surface area contributed by atoms with Crippen LogP contribution >= 0.6 is 0 Å². The third-order valence-corrected chi connectivity index (χ3v) is 12.8. The zero-order chi connectivity index (χ0) is 48.2. The van der Waals surface area contributed by atoms with E-state index in [-0.39, 0.29) is 49.1 Å². The minimum atomic E-state index is -0.917. The Kier molecular flexibility index (Phi) is 16.5. The topological polar surface area (TPSA) is 199 Å². The number of aromatic amines is 2. The largest absolute Gasteiger partial charge is 0.481 e. The van der Waals surface area contributed by atoms with E-state index >= 15 is 0 Å². The second-order valence-electron chi connectivity index (χ2n) is 17.9. The van der Waals surface area contributed by atoms with Gasteiger partial charge in [0, 0.05) is 94.7 Å². The third kappa shape index (κ3) is 11.8. The fourth-order valence-electron chi connectivity index (χ4n) is 9.34. The molecular formula is C56H60N4O8. The summed E-state index contributed by atoms with van der Waals surface area (Å²) in [5.74, 6) is 10.6. The number of nitrogens with one attached hydrogen (secondary N) is 4. The molecule has 0 saturated heterocycles. The van der Waals surface area contributed by atoms with E-state index < -0.39 is 11.9 Å². The first-order chi connectivity index (χ1) is 32.9. The highest BCUT2D eigenvalue weighted by Gasteiger charge is 2.31. The Labute approximate surface area is 397 Å². The minimum absolute atomic E-state index is 0.0386. The van der Waals surface area contributed by atoms with Gasteiger partial charge in [-0.1, -0.05) is 88.2 Å². The highest BCUT2D eigenvalue weighted by atomic mass is 16.4. The number of aromatic nitrogens is 2. The molecule has 0 bridgehead atoms. The summed E-state index contributed by atoms with van der Waals surface area (Å²) in [5, 5.41) is 24.2. The van der Waals surface area contributed by atoms with Gasteiger partial charge in [0.2, 0.25) is 0 Å². The van der Waals surface area contributed by atoms with Gasteiger partial charge < -0.3 is 30.8 Å². The normalized spacial score (nSPS) is 15.5. The number of carboxylic acid groups (broad SMARTS) is 2. The van der Waals surface area contributed by atoms with Gasteiger partial charge in [0.1, 0.15) is 0 Å². The van der Waals surface area contributed by atoms with E-state index in [2.05, 4.69) is 58.1 Å². The fraction of sp³-hybridized carbons (Fsp3) is 0.393. The van der Waals surface area contributed by atoms with Crippen LogP contribution in [0.15, 0.2) is 36.4 Å². The zero-order valence-corrected chi connectivity index (χ0v) is 39.1. The number of ketones is 2. The van der Waals surface area contributed by atoms with E-state index in [0.29, 0.717) is 69.0 Å². The zero-order valence-electron chi connectivity index (χ0n) is 39.1. The van der Waals surface area contributed by atoms with E-state index in [9.17, 15) is 39.0 Å². The number of benzene rings is 2. The molecule has 0 spiro atoms. The summed E-state index contributed by atoms with van der Waals surface area (Å²) in [6, 6.07) is 11.4. The van der Waals surface area contributed by atoms with Crippen molar-refractivity contribution in [3.8, 4) is 23.7 Å². The number of anilines is 2. The predicted molar refractivity (Wildman–Crippen MR) is 265 cm³/mol. The lowest BCUT2D eigenvalue weighted by Gasteiger charge is -2.11. The average Bonchev–Trinajstić information content (AvgIpc) is 4.04. The van der Waals surface area contributed by atoms with Crippen LogP contribution in [0.5, 0.6) is 0 Å². The maximum Gasteiger partial charge on any atom is 0.303 e. The Hall–Kier alpha value is -7.18. The van der Waals surface area contributed by atoms with Crippen LogP contribution < -0.4 is 10.6 Å². The molecule has 0 saturated carbocycles. The standard InChI is InChI=1S/2C28H30N2O4/c2*1-2-3-4-5-6-7-9-18-12-13-19-21(28(34)30-23(19)16-18)17-24-20(14-15-26(32)33)27-22(29-24)10-8-11-25(27)31/h2*12-13,16-17,29H,2-6,8,10-11,14-15H2,1H3,(H,30,34)(H,32,33). The molecule has 12 heteroatoms. The number of hydrogen-bond donors (Lipinski definition) is 6. The van der Waals surface area contributed by atoms with Crippen molar-refractivity contribution in [2.45, 2.75) is 142 Å². The lowest BCUT2D eigenvalue weighted by molar-refractivity contribution is -0.138. The average molecular weight is 917 g/mol. The van der Waals surface area contributed by atoms with Crippen molar-refractivity contribution in [1.82, 2.24) is 9.97 Å². The SMILES string of the molecule is CCCCCCC#Cc1ccc2c(c1)NC(=O)C2=Cc1[nH]c2c(c1CCC(=O)O)C(=O)CCC2.CCCCCCC#Cc1ccc2c(c1)NC(=O)C2=Cc1[nH]c2c(c1CCC(=O)O)C(=O)CCC2. The molecule has 4 aromatic rings. The van der Waals surface area contributed by atoms with E-state index in [1.165, 1.54) is 38.5 Å². The Morgan fingerprint density at radius 1 is 0.588 bits per heavy atom. The van der Waals surface area contributed by atoms with Gasteiger partial charge in [-0.2, -0.15) is 0 Å². The van der Waals surface area contributed by atoms with Crippen molar-refractivity contribution in [1.29, 1.82) is 0 Å². The lowest BCUT2D eigenvalue weighted by Crippen LogP contribution is -2.11. The molecular weight excluding hydrogens is 857 g/mol. The van der Waals surface area contributed by atoms with E-state index in [1.54, 1.807) is 12.2 Å². The Balaban J connectivity index is 0.000000201. The summed E-state index contributed by atoms with van der Waals surface area (Å²) in [6.45, 7) is 4.38. The number of Topliss-reactive ketones (excluding diaryl/α,β-unsaturated/α-hetero) is 2. The minimum Gasteiger partial charge on any atom is -0.481 e. The Bertz CT molecular complexity index is 2640. The summed E-state index contributed by atoms with van der Waals surface area (Å²) in [7, 11) is 0. The van der Waals surface area contributed by atoms with Gasteiger partial charge >= 0.3 is 11.9 Å². The molecule has 2 amide bonds. The second kappa shape index (κ2) is 23.0. The Morgan fingerprint density at radius 3 is 1.41 bits per heavy atom. The molecule has 4 heterocycles. The van der Waals surface area contributed by atoms with Crippen LogP contribution in [0.25, 0.3) is 23.3 Å². The molecule has 0 fully saturated rings. The van der Waals surface area contributed by atoms with E-state index in [1.807, 2.05) is 36.4 Å². The summed E-state index contributed by atoms with van der Waals surface area (Å²) in [5.41, 5.74) is 11.3. The van der Waals surface area contributed by atoms with Crippen molar-refractivity contribution in [2.24, 2.45) is 0 Å². The van der Waals surface area contributed by atoms with E-state index in [0.717, 1.165) is 85.0 Å². The first kappa shape index (κ1) is 48.7. The smallest absolute Gasteiger partial charge is 0.303 e. The first-order valence-electron chi connectivity index (χ1n) is 24.3. The first-order valence-corrected chi connectivity index (χ1v) is 24.3. The van der Waals surface area contributed by atoms with E-state index in [4.69, 9.17) is 0 Å². The predicted octanol–water partition coefficient (Wildman–Crippen LogP) is 10.7.